The minimum absolute atomic E-state index is 0.107. The molecule has 0 saturated carbocycles. The molecule has 1 amide bonds. The van der Waals surface area contributed by atoms with Crippen LogP contribution in [-0.2, 0) is 14.9 Å². The largest absolute Gasteiger partial charge is 0.506 e. The Morgan fingerprint density at radius 2 is 1.84 bits per heavy atom. The van der Waals surface area contributed by atoms with Gasteiger partial charge in [0.15, 0.2) is 0 Å². The molecular formula is C12H11NO5S. The van der Waals surface area contributed by atoms with Gasteiger partial charge < -0.3 is 10.4 Å². The summed E-state index contributed by atoms with van der Waals surface area (Å²) in [6.07, 6.45) is 0. The number of rotatable bonds is 2. The lowest BCUT2D eigenvalue weighted by atomic mass is 10.1. The average molecular weight is 281 g/mol. The van der Waals surface area contributed by atoms with Crippen LogP contribution in [0.15, 0.2) is 35.2 Å². The van der Waals surface area contributed by atoms with E-state index < -0.39 is 16.0 Å². The van der Waals surface area contributed by atoms with E-state index in [-0.39, 0.29) is 21.7 Å². The molecule has 0 aliphatic heterocycles. The van der Waals surface area contributed by atoms with Gasteiger partial charge in [0.1, 0.15) is 10.6 Å². The topological polar surface area (TPSA) is 104 Å². The predicted octanol–water partition coefficient (Wildman–Crippen LogP) is 1.75. The summed E-state index contributed by atoms with van der Waals surface area (Å²) in [4.78, 5) is 10.8. The molecule has 2 aromatic rings. The van der Waals surface area contributed by atoms with E-state index in [0.29, 0.717) is 5.39 Å². The molecule has 7 heteroatoms. The number of aromatic hydroxyl groups is 1. The molecule has 3 N–H and O–H groups in total. The molecular weight excluding hydrogens is 270 g/mol. The number of carbonyl (C=O) groups excluding carboxylic acids is 1. The molecule has 0 aromatic heterocycles. The normalized spacial score (nSPS) is 11.5. The first kappa shape index (κ1) is 13.3. The van der Waals surface area contributed by atoms with Crippen molar-refractivity contribution < 1.29 is 22.9 Å². The van der Waals surface area contributed by atoms with Crippen molar-refractivity contribution >= 4 is 32.5 Å². The molecule has 0 spiro atoms. The third-order valence-corrected chi connectivity index (χ3v) is 3.49. The first-order chi connectivity index (χ1) is 8.80. The summed E-state index contributed by atoms with van der Waals surface area (Å²) >= 11 is 0. The first-order valence-corrected chi connectivity index (χ1v) is 6.74. The number of benzene rings is 2. The molecule has 19 heavy (non-hydrogen) atoms. The molecule has 2 aromatic carbocycles. The Balaban J connectivity index is 2.85. The van der Waals surface area contributed by atoms with Crippen molar-refractivity contribution in [1.29, 1.82) is 0 Å². The Labute approximate surface area is 109 Å². The summed E-state index contributed by atoms with van der Waals surface area (Å²) in [5.74, 6) is -0.588. The van der Waals surface area contributed by atoms with Gasteiger partial charge in [-0.15, -0.1) is 0 Å². The van der Waals surface area contributed by atoms with Crippen LogP contribution in [0.25, 0.3) is 10.8 Å². The molecule has 0 aliphatic rings. The van der Waals surface area contributed by atoms with Crippen LogP contribution in [0.1, 0.15) is 6.92 Å². The summed E-state index contributed by atoms with van der Waals surface area (Å²) < 4.78 is 31.7. The second-order valence-electron chi connectivity index (χ2n) is 3.97. The van der Waals surface area contributed by atoms with Crippen LogP contribution in [0.5, 0.6) is 5.75 Å². The zero-order valence-electron chi connectivity index (χ0n) is 9.91. The SMILES string of the molecule is CC(=O)Nc1c(O)ccc2c(S(=O)(=O)O)cccc12. The van der Waals surface area contributed by atoms with Crippen LogP contribution in [0.2, 0.25) is 0 Å². The predicted molar refractivity (Wildman–Crippen MR) is 69.7 cm³/mol. The van der Waals surface area contributed by atoms with Crippen molar-refractivity contribution in [2.45, 2.75) is 11.8 Å². The molecule has 2 rings (SSSR count). The van der Waals surface area contributed by atoms with Crippen LogP contribution in [0.4, 0.5) is 5.69 Å². The summed E-state index contributed by atoms with van der Waals surface area (Å²) in [5, 5.41) is 12.7. The van der Waals surface area contributed by atoms with Gasteiger partial charge in [0.2, 0.25) is 5.91 Å². The van der Waals surface area contributed by atoms with Gasteiger partial charge in [-0.2, -0.15) is 8.42 Å². The maximum atomic E-state index is 11.3. The Bertz CT molecular complexity index is 767. The fourth-order valence-corrected chi connectivity index (χ4v) is 2.56. The fourth-order valence-electron chi connectivity index (χ4n) is 1.85. The van der Waals surface area contributed by atoms with E-state index in [9.17, 15) is 18.3 Å². The summed E-state index contributed by atoms with van der Waals surface area (Å²) in [6, 6.07) is 6.80. The second-order valence-corrected chi connectivity index (χ2v) is 5.36. The van der Waals surface area contributed by atoms with Crippen molar-refractivity contribution in [3.63, 3.8) is 0 Å². The number of hydrogen-bond acceptors (Lipinski definition) is 4. The second kappa shape index (κ2) is 4.52. The van der Waals surface area contributed by atoms with E-state index in [0.717, 1.165) is 0 Å². The lowest BCUT2D eigenvalue weighted by Gasteiger charge is -2.11. The highest BCUT2D eigenvalue weighted by Crippen LogP contribution is 2.35. The lowest BCUT2D eigenvalue weighted by Crippen LogP contribution is -2.07. The third-order valence-electron chi connectivity index (χ3n) is 2.58. The molecule has 0 bridgehead atoms. The monoisotopic (exact) mass is 281 g/mol. The number of amides is 1. The molecule has 6 nitrogen and oxygen atoms in total. The van der Waals surface area contributed by atoms with Crippen molar-refractivity contribution in [2.75, 3.05) is 5.32 Å². The molecule has 0 unspecified atom stereocenters. The number of carbonyl (C=O) groups is 1. The number of phenolic OH excluding ortho intramolecular Hbond substituents is 1. The van der Waals surface area contributed by atoms with E-state index in [1.165, 1.54) is 37.3 Å². The molecule has 0 fully saturated rings. The van der Waals surface area contributed by atoms with Crippen molar-refractivity contribution in [2.24, 2.45) is 0 Å². The molecule has 0 saturated heterocycles. The average Bonchev–Trinajstić information content (AvgIpc) is 2.30. The minimum atomic E-state index is -4.38. The van der Waals surface area contributed by atoms with E-state index in [1.807, 2.05) is 0 Å². The number of phenols is 1. The van der Waals surface area contributed by atoms with Crippen LogP contribution in [0, 0.1) is 0 Å². The number of nitrogens with one attached hydrogen (secondary N) is 1. The molecule has 0 heterocycles. The van der Waals surface area contributed by atoms with Gasteiger partial charge in [0, 0.05) is 17.7 Å². The standard InChI is InChI=1S/C12H11NO5S/c1-7(14)13-12-9-3-2-4-11(19(16,17)18)8(9)5-6-10(12)15/h2-6,15H,1H3,(H,13,14)(H,16,17,18). The highest BCUT2D eigenvalue weighted by Gasteiger charge is 2.17. The quantitative estimate of drug-likeness (QED) is 0.574. The van der Waals surface area contributed by atoms with Crippen molar-refractivity contribution in [3.8, 4) is 5.75 Å². The summed E-state index contributed by atoms with van der Waals surface area (Å²) in [5.41, 5.74) is 0.107. The third kappa shape index (κ3) is 2.51. The highest BCUT2D eigenvalue weighted by molar-refractivity contribution is 7.86. The Morgan fingerprint density at radius 3 is 2.42 bits per heavy atom. The number of anilines is 1. The maximum absolute atomic E-state index is 11.3. The summed E-state index contributed by atoms with van der Waals surface area (Å²) in [7, 11) is -4.38. The molecule has 0 atom stereocenters. The minimum Gasteiger partial charge on any atom is -0.506 e. The highest BCUT2D eigenvalue weighted by atomic mass is 32.2. The van der Waals surface area contributed by atoms with Gasteiger partial charge >= 0.3 is 0 Å². The van der Waals surface area contributed by atoms with Gasteiger partial charge in [-0.1, -0.05) is 12.1 Å². The van der Waals surface area contributed by atoms with E-state index >= 15 is 0 Å². The van der Waals surface area contributed by atoms with Gasteiger partial charge in [-0.05, 0) is 18.2 Å². The Kier molecular flexibility index (Phi) is 3.17. The molecule has 0 aliphatic carbocycles. The lowest BCUT2D eigenvalue weighted by molar-refractivity contribution is -0.114. The smallest absolute Gasteiger partial charge is 0.295 e. The zero-order chi connectivity index (χ0) is 14.2. The van der Waals surface area contributed by atoms with Gasteiger partial charge in [-0.25, -0.2) is 0 Å². The van der Waals surface area contributed by atoms with Crippen LogP contribution >= 0.6 is 0 Å². The van der Waals surface area contributed by atoms with Crippen LogP contribution < -0.4 is 5.32 Å². The van der Waals surface area contributed by atoms with E-state index in [4.69, 9.17) is 4.55 Å². The van der Waals surface area contributed by atoms with E-state index in [2.05, 4.69) is 5.32 Å². The van der Waals surface area contributed by atoms with Gasteiger partial charge in [0.05, 0.1) is 5.69 Å². The van der Waals surface area contributed by atoms with Crippen LogP contribution in [0.3, 0.4) is 0 Å². The molecule has 100 valence electrons. The Hall–Kier alpha value is -2.12. The number of hydrogen-bond donors (Lipinski definition) is 3. The van der Waals surface area contributed by atoms with Gasteiger partial charge in [-0.3, -0.25) is 9.35 Å². The van der Waals surface area contributed by atoms with Crippen molar-refractivity contribution in [1.82, 2.24) is 0 Å². The zero-order valence-corrected chi connectivity index (χ0v) is 10.7. The maximum Gasteiger partial charge on any atom is 0.295 e. The van der Waals surface area contributed by atoms with E-state index in [1.54, 1.807) is 0 Å². The first-order valence-electron chi connectivity index (χ1n) is 5.30. The van der Waals surface area contributed by atoms with Crippen molar-refractivity contribution in [3.05, 3.63) is 30.3 Å². The van der Waals surface area contributed by atoms with Gasteiger partial charge in [0.25, 0.3) is 10.1 Å². The Morgan fingerprint density at radius 1 is 1.16 bits per heavy atom. The van der Waals surface area contributed by atoms with Crippen LogP contribution in [-0.4, -0.2) is 24.0 Å². The number of fused-ring (bicyclic) bond motifs is 1. The summed E-state index contributed by atoms with van der Waals surface area (Å²) in [6.45, 7) is 1.27. The molecule has 0 radical (unpaired) electrons. The fraction of sp³-hybridized carbons (Fsp3) is 0.0833.